The minimum absolute atomic E-state index is 0.126. The largest absolute Gasteiger partial charge is 0.359 e. The van der Waals surface area contributed by atoms with Gasteiger partial charge in [-0.05, 0) is 43.6 Å². The summed E-state index contributed by atoms with van der Waals surface area (Å²) in [6, 6.07) is 7.45. The quantitative estimate of drug-likeness (QED) is 0.421. The Morgan fingerprint density at radius 2 is 2.05 bits per heavy atom. The van der Waals surface area contributed by atoms with E-state index in [0.717, 1.165) is 38.0 Å². The molecule has 0 atom stereocenters. The van der Waals surface area contributed by atoms with E-state index < -0.39 is 0 Å². The number of nitrogens with one attached hydrogen (secondary N) is 2. The highest BCUT2D eigenvalue weighted by Crippen LogP contribution is 2.19. The van der Waals surface area contributed by atoms with Gasteiger partial charge < -0.3 is 5.32 Å². The molecule has 0 unspecified atom stereocenters. The van der Waals surface area contributed by atoms with Crippen LogP contribution in [0.3, 0.4) is 0 Å². The summed E-state index contributed by atoms with van der Waals surface area (Å²) >= 11 is 0. The summed E-state index contributed by atoms with van der Waals surface area (Å²) in [5.74, 6) is 5.13. The zero-order valence-electron chi connectivity index (χ0n) is 12.3. The summed E-state index contributed by atoms with van der Waals surface area (Å²) in [4.78, 5) is 25.4. The first-order valence-corrected chi connectivity index (χ1v) is 7.18. The Morgan fingerprint density at radius 1 is 1.33 bits per heavy atom. The van der Waals surface area contributed by atoms with Crippen LogP contribution in [0.25, 0.3) is 0 Å². The fourth-order valence-corrected chi connectivity index (χ4v) is 2.71. The van der Waals surface area contributed by atoms with Crippen LogP contribution in [0.4, 0.5) is 0 Å². The van der Waals surface area contributed by atoms with E-state index in [0.29, 0.717) is 5.56 Å². The first-order valence-electron chi connectivity index (χ1n) is 7.18. The number of carbonyl (C=O) groups is 2. The number of likely N-dealkylation sites (tertiary alicyclic amines) is 1. The SMILES string of the molecule is CNC(=O)C1CCN(Cc2cccc(C(=O)NN)c2)CC1. The molecule has 1 aliphatic rings. The van der Waals surface area contributed by atoms with Crippen molar-refractivity contribution in [2.75, 3.05) is 20.1 Å². The molecule has 1 aromatic carbocycles. The molecule has 0 aromatic heterocycles. The normalized spacial score (nSPS) is 16.5. The number of nitrogen functional groups attached to an aromatic ring is 1. The van der Waals surface area contributed by atoms with Crippen molar-refractivity contribution in [3.63, 3.8) is 0 Å². The summed E-state index contributed by atoms with van der Waals surface area (Å²) in [5, 5.41) is 2.71. The van der Waals surface area contributed by atoms with E-state index in [4.69, 9.17) is 5.84 Å². The predicted octanol–water partition coefficient (Wildman–Crippen LogP) is 0.248. The van der Waals surface area contributed by atoms with Crippen LogP contribution in [-0.2, 0) is 11.3 Å². The second-order valence-corrected chi connectivity index (χ2v) is 5.34. The van der Waals surface area contributed by atoms with Crippen molar-refractivity contribution in [2.24, 2.45) is 11.8 Å². The predicted molar refractivity (Wildman–Crippen MR) is 80.2 cm³/mol. The lowest BCUT2D eigenvalue weighted by molar-refractivity contribution is -0.125. The highest BCUT2D eigenvalue weighted by molar-refractivity contribution is 5.93. The third-order valence-electron chi connectivity index (χ3n) is 3.93. The van der Waals surface area contributed by atoms with Gasteiger partial charge in [-0.3, -0.25) is 19.9 Å². The second-order valence-electron chi connectivity index (χ2n) is 5.34. The minimum atomic E-state index is -0.282. The number of hydrogen-bond donors (Lipinski definition) is 3. The number of amides is 2. The van der Waals surface area contributed by atoms with Gasteiger partial charge in [-0.25, -0.2) is 5.84 Å². The molecule has 1 heterocycles. The highest BCUT2D eigenvalue weighted by Gasteiger charge is 2.24. The van der Waals surface area contributed by atoms with Gasteiger partial charge >= 0.3 is 0 Å². The smallest absolute Gasteiger partial charge is 0.265 e. The van der Waals surface area contributed by atoms with Crippen molar-refractivity contribution in [1.82, 2.24) is 15.6 Å². The number of benzene rings is 1. The zero-order chi connectivity index (χ0) is 15.2. The molecule has 6 nitrogen and oxygen atoms in total. The minimum Gasteiger partial charge on any atom is -0.359 e. The molecule has 114 valence electrons. The van der Waals surface area contributed by atoms with Crippen LogP contribution in [-0.4, -0.2) is 36.9 Å². The van der Waals surface area contributed by atoms with Crippen LogP contribution in [0.15, 0.2) is 24.3 Å². The van der Waals surface area contributed by atoms with Crippen molar-refractivity contribution >= 4 is 11.8 Å². The highest BCUT2D eigenvalue weighted by atomic mass is 16.2. The van der Waals surface area contributed by atoms with E-state index in [1.807, 2.05) is 18.2 Å². The maximum Gasteiger partial charge on any atom is 0.265 e. The van der Waals surface area contributed by atoms with Crippen molar-refractivity contribution in [1.29, 1.82) is 0 Å². The van der Waals surface area contributed by atoms with Crippen LogP contribution in [0, 0.1) is 5.92 Å². The van der Waals surface area contributed by atoms with E-state index in [2.05, 4.69) is 15.6 Å². The molecule has 1 aromatic rings. The summed E-state index contributed by atoms with van der Waals surface area (Å²) in [6.45, 7) is 2.57. The summed E-state index contributed by atoms with van der Waals surface area (Å²) in [6.07, 6.45) is 1.76. The van der Waals surface area contributed by atoms with Crippen molar-refractivity contribution in [3.8, 4) is 0 Å². The van der Waals surface area contributed by atoms with Gasteiger partial charge in [-0.2, -0.15) is 0 Å². The van der Waals surface area contributed by atoms with Crippen molar-refractivity contribution in [2.45, 2.75) is 19.4 Å². The Labute approximate surface area is 124 Å². The van der Waals surface area contributed by atoms with Gasteiger partial charge in [0.1, 0.15) is 0 Å². The molecule has 21 heavy (non-hydrogen) atoms. The maximum atomic E-state index is 11.6. The maximum absolute atomic E-state index is 11.6. The summed E-state index contributed by atoms with van der Waals surface area (Å²) in [5.41, 5.74) is 3.78. The first-order chi connectivity index (χ1) is 10.1. The first kappa shape index (κ1) is 15.5. The summed E-state index contributed by atoms with van der Waals surface area (Å²) in [7, 11) is 1.68. The van der Waals surface area contributed by atoms with Crippen LogP contribution in [0.1, 0.15) is 28.8 Å². The van der Waals surface area contributed by atoms with Gasteiger partial charge in [0.2, 0.25) is 5.91 Å². The summed E-state index contributed by atoms with van der Waals surface area (Å²) < 4.78 is 0. The van der Waals surface area contributed by atoms with Crippen molar-refractivity contribution < 1.29 is 9.59 Å². The zero-order valence-corrected chi connectivity index (χ0v) is 12.3. The van der Waals surface area contributed by atoms with E-state index in [-0.39, 0.29) is 17.7 Å². The molecule has 1 fully saturated rings. The molecular weight excluding hydrogens is 268 g/mol. The Balaban J connectivity index is 1.92. The lowest BCUT2D eigenvalue weighted by Gasteiger charge is -2.31. The van der Waals surface area contributed by atoms with Gasteiger partial charge in [0.15, 0.2) is 0 Å². The molecule has 2 amide bonds. The fourth-order valence-electron chi connectivity index (χ4n) is 2.71. The molecule has 2 rings (SSSR count). The third kappa shape index (κ3) is 4.03. The number of piperidine rings is 1. The standard InChI is InChI=1S/C15H22N4O2/c1-17-14(20)12-5-7-19(8-6-12)10-11-3-2-4-13(9-11)15(21)18-16/h2-4,9,12H,5-8,10,16H2,1H3,(H,17,20)(H,18,21). The molecule has 4 N–H and O–H groups in total. The topological polar surface area (TPSA) is 87.5 Å². The molecule has 0 radical (unpaired) electrons. The molecule has 0 aliphatic carbocycles. The average Bonchev–Trinajstić information content (AvgIpc) is 2.54. The number of rotatable bonds is 4. The van der Waals surface area contributed by atoms with Crippen LogP contribution in [0.2, 0.25) is 0 Å². The molecule has 6 heteroatoms. The molecule has 1 aliphatic heterocycles. The van der Waals surface area contributed by atoms with Gasteiger partial charge in [0.25, 0.3) is 5.91 Å². The van der Waals surface area contributed by atoms with E-state index in [9.17, 15) is 9.59 Å². The van der Waals surface area contributed by atoms with E-state index in [1.54, 1.807) is 13.1 Å². The molecule has 0 spiro atoms. The van der Waals surface area contributed by atoms with Crippen LogP contribution >= 0.6 is 0 Å². The molecule has 0 bridgehead atoms. The monoisotopic (exact) mass is 290 g/mol. The third-order valence-corrected chi connectivity index (χ3v) is 3.93. The van der Waals surface area contributed by atoms with Crippen LogP contribution < -0.4 is 16.6 Å². The Morgan fingerprint density at radius 3 is 2.67 bits per heavy atom. The van der Waals surface area contributed by atoms with Gasteiger partial charge in [0.05, 0.1) is 0 Å². The van der Waals surface area contributed by atoms with Gasteiger partial charge in [-0.15, -0.1) is 0 Å². The fraction of sp³-hybridized carbons (Fsp3) is 0.467. The number of nitrogens with zero attached hydrogens (tertiary/aromatic N) is 1. The van der Waals surface area contributed by atoms with E-state index in [1.165, 1.54) is 0 Å². The Hall–Kier alpha value is -1.92. The van der Waals surface area contributed by atoms with Gasteiger partial charge in [-0.1, -0.05) is 12.1 Å². The number of hydrogen-bond acceptors (Lipinski definition) is 4. The lowest BCUT2D eigenvalue weighted by Crippen LogP contribution is -2.39. The molecule has 0 saturated carbocycles. The lowest BCUT2D eigenvalue weighted by atomic mass is 9.95. The molecule has 1 saturated heterocycles. The number of hydrazine groups is 1. The van der Waals surface area contributed by atoms with Gasteiger partial charge in [0, 0.05) is 25.1 Å². The average molecular weight is 290 g/mol. The number of nitrogens with two attached hydrogens (primary N) is 1. The second kappa shape index (κ2) is 7.19. The Kier molecular flexibility index (Phi) is 5.30. The number of carbonyl (C=O) groups excluding carboxylic acids is 2. The Bertz CT molecular complexity index is 510. The van der Waals surface area contributed by atoms with Crippen LogP contribution in [0.5, 0.6) is 0 Å². The van der Waals surface area contributed by atoms with Crippen molar-refractivity contribution in [3.05, 3.63) is 35.4 Å². The molecular formula is C15H22N4O2. The van der Waals surface area contributed by atoms with E-state index >= 15 is 0 Å².